The summed E-state index contributed by atoms with van der Waals surface area (Å²) in [5.41, 5.74) is 5.83. The summed E-state index contributed by atoms with van der Waals surface area (Å²) in [5.74, 6) is -1.22. The van der Waals surface area contributed by atoms with Gasteiger partial charge in [-0.15, -0.1) is 0 Å². The molecular weight excluding hydrogens is 548 g/mol. The monoisotopic (exact) mass is 574 g/mol. The number of rotatable bonds is 8. The van der Waals surface area contributed by atoms with E-state index in [1.807, 2.05) is 96.6 Å². The zero-order valence-corrected chi connectivity index (χ0v) is 23.5. The Bertz CT molecular complexity index is 1930. The molecule has 2 heterocycles. The van der Waals surface area contributed by atoms with Crippen LogP contribution in [-0.2, 0) is 6.54 Å². The van der Waals surface area contributed by atoms with Crippen molar-refractivity contribution in [1.29, 1.82) is 0 Å². The molecule has 0 aliphatic carbocycles. The molecule has 4 aromatic carbocycles. The van der Waals surface area contributed by atoms with Gasteiger partial charge in [-0.1, -0.05) is 48.0 Å². The fourth-order valence-corrected chi connectivity index (χ4v) is 5.28. The smallest absolute Gasteiger partial charge is 0.335 e. The Kier molecular flexibility index (Phi) is 7.33. The van der Waals surface area contributed by atoms with Crippen molar-refractivity contribution in [3.05, 3.63) is 137 Å². The Morgan fingerprint density at radius 2 is 1.71 bits per heavy atom. The van der Waals surface area contributed by atoms with Gasteiger partial charge in [0.2, 0.25) is 0 Å². The van der Waals surface area contributed by atoms with Crippen LogP contribution in [0.4, 0.5) is 11.4 Å². The average Bonchev–Trinajstić information content (AvgIpc) is 3.42. The number of carboxylic acid groups (broad SMARTS) is 1. The van der Waals surface area contributed by atoms with Crippen LogP contribution in [-0.4, -0.2) is 26.5 Å². The van der Waals surface area contributed by atoms with E-state index in [0.29, 0.717) is 17.1 Å². The molecule has 0 saturated carbocycles. The second-order valence-electron chi connectivity index (χ2n) is 10.1. The number of halogens is 1. The predicted octanol–water partition coefficient (Wildman–Crippen LogP) is 7.82. The number of hydrogen-bond acceptors (Lipinski definition) is 4. The van der Waals surface area contributed by atoms with E-state index in [4.69, 9.17) is 16.6 Å². The first-order valence-corrected chi connectivity index (χ1v) is 13.9. The third-order valence-corrected chi connectivity index (χ3v) is 7.50. The maximum atomic E-state index is 13.7. The number of pyridine rings is 1. The Morgan fingerprint density at radius 3 is 2.48 bits per heavy atom. The van der Waals surface area contributed by atoms with Crippen molar-refractivity contribution < 1.29 is 14.7 Å². The molecule has 0 unspecified atom stereocenters. The normalized spacial score (nSPS) is 11.9. The number of anilines is 2. The summed E-state index contributed by atoms with van der Waals surface area (Å²) in [4.78, 5) is 29.8. The molecule has 0 saturated heterocycles. The molecule has 0 radical (unpaired) electrons. The molecule has 0 aliphatic heterocycles. The number of carbonyl (C=O) groups is 2. The largest absolute Gasteiger partial charge is 0.478 e. The minimum atomic E-state index is -0.990. The Balaban J connectivity index is 1.36. The summed E-state index contributed by atoms with van der Waals surface area (Å²) in [5, 5.41) is 18.3. The lowest BCUT2D eigenvalue weighted by Crippen LogP contribution is -2.27. The number of hydrogen-bond donors (Lipinski definition) is 3. The van der Waals surface area contributed by atoms with Gasteiger partial charge in [-0.2, -0.15) is 0 Å². The van der Waals surface area contributed by atoms with Gasteiger partial charge < -0.3 is 20.3 Å². The van der Waals surface area contributed by atoms with Crippen LogP contribution in [0.25, 0.3) is 21.8 Å². The number of aromatic carboxylic acids is 1. The molecule has 8 heteroatoms. The lowest BCUT2D eigenvalue weighted by molar-refractivity contribution is 0.0696. The lowest BCUT2D eigenvalue weighted by atomic mass is 10.0. The van der Waals surface area contributed by atoms with E-state index in [-0.39, 0.29) is 17.5 Å². The highest BCUT2D eigenvalue weighted by atomic mass is 35.5. The molecule has 0 bridgehead atoms. The zero-order valence-electron chi connectivity index (χ0n) is 22.7. The molecule has 1 amide bonds. The second-order valence-corrected chi connectivity index (χ2v) is 10.6. The molecule has 2 aromatic heterocycles. The first-order chi connectivity index (χ1) is 20.4. The third kappa shape index (κ3) is 5.55. The van der Waals surface area contributed by atoms with E-state index in [0.717, 1.165) is 44.4 Å². The van der Waals surface area contributed by atoms with Crippen molar-refractivity contribution in [2.45, 2.75) is 19.5 Å². The molecule has 42 heavy (non-hydrogen) atoms. The van der Waals surface area contributed by atoms with Crippen LogP contribution in [0.5, 0.6) is 0 Å². The number of carboxylic acids is 1. The summed E-state index contributed by atoms with van der Waals surface area (Å²) < 4.78 is 2.04. The van der Waals surface area contributed by atoms with Gasteiger partial charge in [0.05, 0.1) is 40.4 Å². The van der Waals surface area contributed by atoms with Crippen molar-refractivity contribution in [2.75, 3.05) is 5.32 Å². The first-order valence-electron chi connectivity index (χ1n) is 13.5. The van der Waals surface area contributed by atoms with Crippen molar-refractivity contribution in [3.8, 4) is 0 Å². The van der Waals surface area contributed by atoms with Gasteiger partial charge in [0, 0.05) is 33.4 Å². The number of aromatic nitrogens is 2. The highest BCUT2D eigenvalue weighted by molar-refractivity contribution is 6.31. The Morgan fingerprint density at radius 1 is 0.929 bits per heavy atom. The second kappa shape index (κ2) is 11.4. The summed E-state index contributed by atoms with van der Waals surface area (Å²) in [7, 11) is 0. The van der Waals surface area contributed by atoms with E-state index in [9.17, 15) is 14.7 Å². The van der Waals surface area contributed by atoms with Crippen molar-refractivity contribution in [3.63, 3.8) is 0 Å². The van der Waals surface area contributed by atoms with E-state index in [1.54, 1.807) is 12.1 Å². The zero-order chi connectivity index (χ0) is 29.2. The van der Waals surface area contributed by atoms with Crippen LogP contribution in [0, 0.1) is 0 Å². The van der Waals surface area contributed by atoms with Crippen LogP contribution < -0.4 is 10.6 Å². The van der Waals surface area contributed by atoms with Crippen molar-refractivity contribution >= 4 is 56.7 Å². The number of para-hydroxylation sites is 1. The number of amides is 1. The van der Waals surface area contributed by atoms with Crippen LogP contribution in [0.15, 0.2) is 109 Å². The molecule has 7 nitrogen and oxygen atoms in total. The van der Waals surface area contributed by atoms with E-state index in [1.165, 1.54) is 12.1 Å². The topological polar surface area (TPSA) is 96.3 Å². The minimum Gasteiger partial charge on any atom is -0.478 e. The minimum absolute atomic E-state index is 0.198. The number of nitrogens with one attached hydrogen (secondary N) is 2. The van der Waals surface area contributed by atoms with E-state index >= 15 is 0 Å². The number of benzene rings is 4. The number of fused-ring (bicyclic) bond motifs is 2. The van der Waals surface area contributed by atoms with Crippen molar-refractivity contribution in [1.82, 2.24) is 14.9 Å². The van der Waals surface area contributed by atoms with Crippen LogP contribution >= 0.6 is 11.6 Å². The van der Waals surface area contributed by atoms with Gasteiger partial charge in [0.25, 0.3) is 5.91 Å². The molecule has 6 rings (SSSR count). The maximum absolute atomic E-state index is 13.7. The standard InChI is InChI=1S/C34H27ClN4O3/c1-21(22-7-9-23(10-8-22)34(41)42)36-33(40)29-14-16-31(37-26-5-3-2-4-6-26)28-17-18-39(32(28)29)20-27-13-11-24-19-25(35)12-15-30(24)38-27/h2-19,21,37H,20H2,1H3,(H,36,40)(H,41,42)/t21-/m0/s1. The number of nitrogens with zero attached hydrogens (tertiary/aromatic N) is 2. The molecular formula is C34H27ClN4O3. The Hall–Kier alpha value is -5.14. The van der Waals surface area contributed by atoms with Gasteiger partial charge in [0.1, 0.15) is 0 Å². The predicted molar refractivity (Wildman–Crippen MR) is 167 cm³/mol. The third-order valence-electron chi connectivity index (χ3n) is 7.27. The van der Waals surface area contributed by atoms with Crippen molar-refractivity contribution in [2.24, 2.45) is 0 Å². The molecule has 3 N–H and O–H groups in total. The quantitative estimate of drug-likeness (QED) is 0.172. The van der Waals surface area contributed by atoms with Gasteiger partial charge in [0.15, 0.2) is 0 Å². The molecule has 0 fully saturated rings. The lowest BCUT2D eigenvalue weighted by Gasteiger charge is -2.17. The molecule has 208 valence electrons. The maximum Gasteiger partial charge on any atom is 0.335 e. The van der Waals surface area contributed by atoms with Crippen LogP contribution in [0.3, 0.4) is 0 Å². The summed E-state index contributed by atoms with van der Waals surface area (Å²) in [6.07, 6.45) is 1.97. The van der Waals surface area contributed by atoms with Crippen LogP contribution in [0.2, 0.25) is 5.02 Å². The molecule has 1 atom stereocenters. The SMILES string of the molecule is C[C@H](NC(=O)c1ccc(Nc2ccccc2)c2ccn(Cc3ccc4cc(Cl)ccc4n3)c12)c1ccc(C(=O)O)cc1. The van der Waals surface area contributed by atoms with E-state index in [2.05, 4.69) is 10.6 Å². The summed E-state index contributed by atoms with van der Waals surface area (Å²) in [6, 6.07) is 31.4. The average molecular weight is 575 g/mol. The van der Waals surface area contributed by atoms with Gasteiger partial charge in [-0.3, -0.25) is 9.78 Å². The number of carbonyl (C=O) groups excluding carboxylic acids is 1. The molecule has 6 aromatic rings. The van der Waals surface area contributed by atoms with Gasteiger partial charge in [-0.25, -0.2) is 4.79 Å². The molecule has 0 aliphatic rings. The highest BCUT2D eigenvalue weighted by Gasteiger charge is 2.19. The Labute approximate surface area is 247 Å². The fourth-order valence-electron chi connectivity index (χ4n) is 5.10. The fraction of sp³-hybridized carbons (Fsp3) is 0.0882. The van der Waals surface area contributed by atoms with E-state index < -0.39 is 5.97 Å². The first kappa shape index (κ1) is 27.1. The molecule has 0 spiro atoms. The van der Waals surface area contributed by atoms with Gasteiger partial charge >= 0.3 is 5.97 Å². The van der Waals surface area contributed by atoms with Gasteiger partial charge in [-0.05, 0) is 79.2 Å². The summed E-state index contributed by atoms with van der Waals surface area (Å²) >= 11 is 6.15. The summed E-state index contributed by atoms with van der Waals surface area (Å²) in [6.45, 7) is 2.34. The highest BCUT2D eigenvalue weighted by Crippen LogP contribution is 2.31. The van der Waals surface area contributed by atoms with Crippen LogP contribution in [0.1, 0.15) is 44.9 Å².